The molecule has 92 valence electrons. The maximum atomic E-state index is 11.9. The van der Waals surface area contributed by atoms with Crippen molar-refractivity contribution in [2.45, 2.75) is 44.7 Å². The largest absolute Gasteiger partial charge is 0.354 e. The lowest BCUT2D eigenvalue weighted by Crippen LogP contribution is -2.44. The molecule has 2 saturated carbocycles. The zero-order valence-electron chi connectivity index (χ0n) is 10.3. The number of amides is 1. The molecular weight excluding hydrogens is 202 g/mol. The summed E-state index contributed by atoms with van der Waals surface area (Å²) in [4.78, 5) is 14.2. The second-order valence-corrected chi connectivity index (χ2v) is 5.44. The highest BCUT2D eigenvalue weighted by Gasteiger charge is 2.48. The minimum atomic E-state index is -0.210. The van der Waals surface area contributed by atoms with Gasteiger partial charge >= 0.3 is 0 Å². The van der Waals surface area contributed by atoms with Crippen LogP contribution in [0.3, 0.4) is 0 Å². The van der Waals surface area contributed by atoms with Gasteiger partial charge in [0.1, 0.15) is 0 Å². The van der Waals surface area contributed by atoms with Crippen molar-refractivity contribution in [2.75, 3.05) is 20.1 Å². The molecule has 4 nitrogen and oxygen atoms in total. The van der Waals surface area contributed by atoms with Crippen molar-refractivity contribution in [2.24, 2.45) is 11.1 Å². The van der Waals surface area contributed by atoms with Crippen molar-refractivity contribution in [3.8, 4) is 0 Å². The zero-order valence-corrected chi connectivity index (χ0v) is 10.3. The molecule has 0 radical (unpaired) electrons. The minimum absolute atomic E-state index is 0.158. The van der Waals surface area contributed by atoms with E-state index in [1.165, 1.54) is 12.8 Å². The molecule has 0 spiro atoms. The lowest BCUT2D eigenvalue weighted by atomic mass is 10.1. The second kappa shape index (κ2) is 4.34. The Labute approximate surface area is 97.6 Å². The molecular formula is C12H23N3O. The molecule has 1 atom stereocenters. The summed E-state index contributed by atoms with van der Waals surface area (Å²) in [5.74, 6) is 0.158. The van der Waals surface area contributed by atoms with Gasteiger partial charge in [0, 0.05) is 25.2 Å². The number of hydrogen-bond acceptors (Lipinski definition) is 3. The Kier molecular flexibility index (Phi) is 3.22. The summed E-state index contributed by atoms with van der Waals surface area (Å²) >= 11 is 0. The van der Waals surface area contributed by atoms with Crippen LogP contribution in [0.25, 0.3) is 0 Å². The summed E-state index contributed by atoms with van der Waals surface area (Å²) in [6.45, 7) is 3.40. The first-order valence-corrected chi connectivity index (χ1v) is 6.29. The van der Waals surface area contributed by atoms with Crippen molar-refractivity contribution in [1.82, 2.24) is 10.2 Å². The van der Waals surface area contributed by atoms with Gasteiger partial charge < -0.3 is 11.1 Å². The van der Waals surface area contributed by atoms with Gasteiger partial charge in [0.25, 0.3) is 0 Å². The van der Waals surface area contributed by atoms with Crippen LogP contribution in [-0.4, -0.2) is 43.0 Å². The molecule has 2 fully saturated rings. The van der Waals surface area contributed by atoms with Crippen LogP contribution < -0.4 is 11.1 Å². The first-order chi connectivity index (χ1) is 7.59. The Morgan fingerprint density at radius 3 is 2.62 bits per heavy atom. The van der Waals surface area contributed by atoms with E-state index >= 15 is 0 Å². The van der Waals surface area contributed by atoms with Crippen LogP contribution in [0.2, 0.25) is 0 Å². The standard InChI is InChI=1S/C12H23N3O/c1-9(15(2)10-3-4-10)7-14-11(16)12(8-13)5-6-12/h9-10H,3-8,13H2,1-2H3,(H,14,16). The molecule has 16 heavy (non-hydrogen) atoms. The molecule has 0 aromatic carbocycles. The summed E-state index contributed by atoms with van der Waals surface area (Å²) in [5, 5.41) is 3.04. The molecule has 0 heterocycles. The van der Waals surface area contributed by atoms with E-state index in [1.54, 1.807) is 0 Å². The molecule has 4 heteroatoms. The quantitative estimate of drug-likeness (QED) is 0.684. The molecule has 0 saturated heterocycles. The van der Waals surface area contributed by atoms with Gasteiger partial charge in [0.2, 0.25) is 5.91 Å². The van der Waals surface area contributed by atoms with Crippen LogP contribution in [0.5, 0.6) is 0 Å². The normalized spacial score (nSPS) is 24.2. The number of carbonyl (C=O) groups is 1. The summed E-state index contributed by atoms with van der Waals surface area (Å²) in [6, 6.07) is 1.17. The zero-order chi connectivity index (χ0) is 11.8. The molecule has 2 rings (SSSR count). The number of rotatable bonds is 6. The Bertz CT molecular complexity index is 271. The fourth-order valence-electron chi connectivity index (χ4n) is 2.09. The maximum absolute atomic E-state index is 11.9. The highest BCUT2D eigenvalue weighted by Crippen LogP contribution is 2.44. The Morgan fingerprint density at radius 1 is 1.56 bits per heavy atom. The predicted octanol–water partition coefficient (Wildman–Crippen LogP) is 0.324. The Balaban J connectivity index is 1.72. The van der Waals surface area contributed by atoms with E-state index in [1.807, 2.05) is 0 Å². The Hall–Kier alpha value is -0.610. The number of hydrogen-bond donors (Lipinski definition) is 2. The van der Waals surface area contributed by atoms with Crippen LogP contribution in [0.1, 0.15) is 32.6 Å². The highest BCUT2D eigenvalue weighted by atomic mass is 16.2. The average Bonchev–Trinajstić information content (AvgIpc) is 3.17. The van der Waals surface area contributed by atoms with Gasteiger partial charge in [0.05, 0.1) is 5.41 Å². The molecule has 3 N–H and O–H groups in total. The molecule has 2 aliphatic rings. The molecule has 0 aromatic rings. The molecule has 2 aliphatic carbocycles. The van der Waals surface area contributed by atoms with E-state index in [0.717, 1.165) is 25.4 Å². The number of nitrogens with two attached hydrogens (primary N) is 1. The van der Waals surface area contributed by atoms with Crippen molar-refractivity contribution in [3.05, 3.63) is 0 Å². The first kappa shape index (κ1) is 11.9. The minimum Gasteiger partial charge on any atom is -0.354 e. The number of likely N-dealkylation sites (N-methyl/N-ethyl adjacent to an activating group) is 1. The van der Waals surface area contributed by atoms with Crippen LogP contribution in [0.4, 0.5) is 0 Å². The van der Waals surface area contributed by atoms with Gasteiger partial charge in [-0.15, -0.1) is 0 Å². The summed E-state index contributed by atoms with van der Waals surface area (Å²) in [6.07, 6.45) is 4.54. The average molecular weight is 225 g/mol. The van der Waals surface area contributed by atoms with Gasteiger partial charge in [-0.1, -0.05) is 0 Å². The predicted molar refractivity (Wildman–Crippen MR) is 64.0 cm³/mol. The third-order valence-corrected chi connectivity index (χ3v) is 4.10. The summed E-state index contributed by atoms with van der Waals surface area (Å²) in [7, 11) is 2.14. The lowest BCUT2D eigenvalue weighted by Gasteiger charge is -2.25. The van der Waals surface area contributed by atoms with Crippen LogP contribution in [0.15, 0.2) is 0 Å². The third kappa shape index (κ3) is 2.38. The van der Waals surface area contributed by atoms with E-state index in [-0.39, 0.29) is 11.3 Å². The van der Waals surface area contributed by atoms with E-state index in [0.29, 0.717) is 12.6 Å². The SMILES string of the molecule is CC(CNC(=O)C1(CN)CC1)N(C)C1CC1. The van der Waals surface area contributed by atoms with E-state index < -0.39 is 0 Å². The van der Waals surface area contributed by atoms with Crippen molar-refractivity contribution in [1.29, 1.82) is 0 Å². The lowest BCUT2D eigenvalue weighted by molar-refractivity contribution is -0.126. The molecule has 0 aromatic heterocycles. The van der Waals surface area contributed by atoms with Gasteiger partial charge in [0.15, 0.2) is 0 Å². The fraction of sp³-hybridized carbons (Fsp3) is 0.917. The summed E-state index contributed by atoms with van der Waals surface area (Å²) < 4.78 is 0. The van der Waals surface area contributed by atoms with Crippen molar-refractivity contribution >= 4 is 5.91 Å². The molecule has 1 amide bonds. The summed E-state index contributed by atoms with van der Waals surface area (Å²) in [5.41, 5.74) is 5.41. The molecule has 0 bridgehead atoms. The van der Waals surface area contributed by atoms with Crippen LogP contribution in [-0.2, 0) is 4.79 Å². The topological polar surface area (TPSA) is 58.4 Å². The van der Waals surface area contributed by atoms with Crippen LogP contribution >= 0.6 is 0 Å². The van der Waals surface area contributed by atoms with Gasteiger partial charge in [-0.2, -0.15) is 0 Å². The molecule has 0 aliphatic heterocycles. The van der Waals surface area contributed by atoms with Gasteiger partial charge in [-0.3, -0.25) is 9.69 Å². The number of nitrogens with one attached hydrogen (secondary N) is 1. The smallest absolute Gasteiger partial charge is 0.227 e. The first-order valence-electron chi connectivity index (χ1n) is 6.29. The monoisotopic (exact) mass is 225 g/mol. The number of nitrogens with zero attached hydrogens (tertiary/aromatic N) is 1. The van der Waals surface area contributed by atoms with Crippen molar-refractivity contribution in [3.63, 3.8) is 0 Å². The second-order valence-electron chi connectivity index (χ2n) is 5.44. The fourth-order valence-corrected chi connectivity index (χ4v) is 2.09. The van der Waals surface area contributed by atoms with Crippen LogP contribution in [0, 0.1) is 5.41 Å². The van der Waals surface area contributed by atoms with Crippen molar-refractivity contribution < 1.29 is 4.79 Å². The highest BCUT2D eigenvalue weighted by molar-refractivity contribution is 5.85. The maximum Gasteiger partial charge on any atom is 0.227 e. The third-order valence-electron chi connectivity index (χ3n) is 4.10. The number of carbonyl (C=O) groups excluding carboxylic acids is 1. The van der Waals surface area contributed by atoms with E-state index in [2.05, 4.69) is 24.2 Å². The van der Waals surface area contributed by atoms with E-state index in [4.69, 9.17) is 5.73 Å². The van der Waals surface area contributed by atoms with Gasteiger partial charge in [-0.25, -0.2) is 0 Å². The Morgan fingerprint density at radius 2 is 2.19 bits per heavy atom. The molecule has 1 unspecified atom stereocenters. The van der Waals surface area contributed by atoms with E-state index in [9.17, 15) is 4.79 Å². The van der Waals surface area contributed by atoms with Gasteiger partial charge in [-0.05, 0) is 39.7 Å².